The molecule has 0 fully saturated rings. The zero-order valence-electron chi connectivity index (χ0n) is 17.8. The van der Waals surface area contributed by atoms with Gasteiger partial charge in [0.1, 0.15) is 0 Å². The summed E-state index contributed by atoms with van der Waals surface area (Å²) < 4.78 is 17.8. The van der Waals surface area contributed by atoms with Gasteiger partial charge < -0.3 is 13.3 Å². The first-order chi connectivity index (χ1) is 12.7. The van der Waals surface area contributed by atoms with E-state index >= 15 is 0 Å². The van der Waals surface area contributed by atoms with E-state index in [1.807, 2.05) is 0 Å². The summed E-state index contributed by atoms with van der Waals surface area (Å²) in [5.74, 6) is 0. The van der Waals surface area contributed by atoms with Crippen molar-refractivity contribution in [3.05, 3.63) is 0 Å². The molecule has 26 heavy (non-hydrogen) atoms. The van der Waals surface area contributed by atoms with Crippen molar-refractivity contribution in [1.82, 2.24) is 0 Å². The lowest BCUT2D eigenvalue weighted by molar-refractivity contribution is 0.0767. The van der Waals surface area contributed by atoms with Crippen LogP contribution in [0.3, 0.4) is 0 Å². The Bertz CT molecular complexity index is 239. The van der Waals surface area contributed by atoms with E-state index in [1.54, 1.807) is 0 Å². The number of rotatable bonds is 21. The monoisotopic (exact) mass is 408 g/mol. The van der Waals surface area contributed by atoms with Crippen LogP contribution in [0.25, 0.3) is 0 Å². The van der Waals surface area contributed by atoms with E-state index < -0.39 is 8.11 Å². The van der Waals surface area contributed by atoms with Crippen LogP contribution in [0.5, 0.6) is 0 Å². The van der Waals surface area contributed by atoms with Gasteiger partial charge in [-0.1, -0.05) is 109 Å². The van der Waals surface area contributed by atoms with Gasteiger partial charge in [-0.2, -0.15) is 0 Å². The van der Waals surface area contributed by atoms with Gasteiger partial charge in [-0.05, 0) is 19.3 Å². The molecule has 0 bridgehead atoms. The van der Waals surface area contributed by atoms with Crippen molar-refractivity contribution >= 4 is 19.2 Å². The van der Waals surface area contributed by atoms with Crippen molar-refractivity contribution in [2.45, 2.75) is 117 Å². The molecule has 0 atom stereocenters. The fourth-order valence-electron chi connectivity index (χ4n) is 2.82. The van der Waals surface area contributed by atoms with Crippen molar-refractivity contribution in [3.63, 3.8) is 0 Å². The van der Waals surface area contributed by atoms with Crippen LogP contribution in [0.1, 0.15) is 117 Å². The Labute approximate surface area is 169 Å². The smallest absolute Gasteiger partial charge is 0.362 e. The quantitative estimate of drug-likeness (QED) is 0.111. The minimum Gasteiger partial charge on any atom is -0.362 e. The number of unbranched alkanes of at least 4 members (excludes halogenated alkanes) is 12. The predicted octanol–water partition coefficient (Wildman–Crippen LogP) is 7.62. The van der Waals surface area contributed by atoms with E-state index in [4.69, 9.17) is 24.4 Å². The van der Waals surface area contributed by atoms with E-state index in [1.165, 1.54) is 77.0 Å². The van der Waals surface area contributed by atoms with Gasteiger partial charge in [-0.3, -0.25) is 0 Å². The molecule has 0 saturated heterocycles. The molecule has 0 aromatic heterocycles. The summed E-state index contributed by atoms with van der Waals surface area (Å²) >= 11 is 6.63. The molecule has 0 aliphatic carbocycles. The number of hydrogen-bond donors (Lipinski definition) is 0. The largest absolute Gasteiger partial charge is 0.613 e. The van der Waals surface area contributed by atoms with Crippen LogP contribution in [0.15, 0.2) is 0 Å². The first kappa shape index (κ1) is 26.4. The molecule has 0 heterocycles. The van der Waals surface area contributed by atoms with Crippen LogP contribution in [0.4, 0.5) is 0 Å². The summed E-state index contributed by atoms with van der Waals surface area (Å²) in [4.78, 5) is 0. The van der Waals surface area contributed by atoms with Gasteiger partial charge >= 0.3 is 8.11 Å². The summed E-state index contributed by atoms with van der Waals surface area (Å²) in [6, 6.07) is 0. The van der Waals surface area contributed by atoms with Crippen molar-refractivity contribution in [3.8, 4) is 0 Å². The third kappa shape index (κ3) is 17.8. The summed E-state index contributed by atoms with van der Waals surface area (Å²) in [6.45, 7) is 8.67. The van der Waals surface area contributed by atoms with E-state index in [2.05, 4.69) is 20.8 Å². The SMILES string of the molecule is CCCCCCCO[Si](Cl)(OCCCCCCC)OCCCCCCC. The van der Waals surface area contributed by atoms with Crippen LogP contribution in [-0.4, -0.2) is 27.9 Å². The predicted molar refractivity (Wildman–Crippen MR) is 116 cm³/mol. The molecular formula is C21H45ClO3Si. The van der Waals surface area contributed by atoms with E-state index in [-0.39, 0.29) is 0 Å². The summed E-state index contributed by atoms with van der Waals surface area (Å²) in [5.41, 5.74) is 0. The van der Waals surface area contributed by atoms with Gasteiger partial charge in [0.15, 0.2) is 0 Å². The Balaban J connectivity index is 4.02. The fourth-order valence-corrected chi connectivity index (χ4v) is 4.93. The average Bonchev–Trinajstić information content (AvgIpc) is 2.64. The van der Waals surface area contributed by atoms with E-state index in [0.717, 1.165) is 19.3 Å². The van der Waals surface area contributed by atoms with Crippen molar-refractivity contribution in [2.75, 3.05) is 19.8 Å². The molecule has 0 aliphatic rings. The summed E-state index contributed by atoms with van der Waals surface area (Å²) in [5, 5.41) is 0. The lowest BCUT2D eigenvalue weighted by Crippen LogP contribution is -2.41. The van der Waals surface area contributed by atoms with Gasteiger partial charge in [0.05, 0.1) is 0 Å². The normalized spacial score (nSPS) is 12.0. The minimum absolute atomic E-state index is 0.658. The number of halogens is 1. The Morgan fingerprint density at radius 2 is 0.731 bits per heavy atom. The maximum absolute atomic E-state index is 6.63. The molecule has 0 N–H and O–H groups in total. The lowest BCUT2D eigenvalue weighted by Gasteiger charge is -2.23. The molecule has 3 nitrogen and oxygen atoms in total. The molecule has 0 aromatic carbocycles. The maximum atomic E-state index is 6.63. The van der Waals surface area contributed by atoms with Gasteiger partial charge in [-0.25, -0.2) is 0 Å². The maximum Gasteiger partial charge on any atom is 0.613 e. The molecule has 0 saturated carbocycles. The highest BCUT2D eigenvalue weighted by Crippen LogP contribution is 2.18. The Hall–Kier alpha value is 0.387. The molecule has 0 radical (unpaired) electrons. The second kappa shape index (κ2) is 20.1. The van der Waals surface area contributed by atoms with Gasteiger partial charge in [0.25, 0.3) is 0 Å². The first-order valence-electron chi connectivity index (χ1n) is 11.3. The molecular weight excluding hydrogens is 364 g/mol. The number of hydrogen-bond acceptors (Lipinski definition) is 3. The third-order valence-corrected chi connectivity index (χ3v) is 7.20. The Morgan fingerprint density at radius 3 is 1.00 bits per heavy atom. The molecule has 0 unspecified atom stereocenters. The molecule has 5 heteroatoms. The fraction of sp³-hybridized carbons (Fsp3) is 1.00. The highest BCUT2D eigenvalue weighted by atomic mass is 35.6. The third-order valence-electron chi connectivity index (χ3n) is 4.57. The molecule has 0 spiro atoms. The Morgan fingerprint density at radius 1 is 0.462 bits per heavy atom. The molecule has 0 rings (SSSR count). The molecule has 0 amide bonds. The molecule has 0 aromatic rings. The van der Waals surface area contributed by atoms with Crippen molar-refractivity contribution in [2.24, 2.45) is 0 Å². The lowest BCUT2D eigenvalue weighted by atomic mass is 10.2. The van der Waals surface area contributed by atoms with Gasteiger partial charge in [-0.15, -0.1) is 0 Å². The molecule has 158 valence electrons. The highest BCUT2D eigenvalue weighted by molar-refractivity contribution is 7.09. The average molecular weight is 409 g/mol. The Kier molecular flexibility index (Phi) is 20.4. The van der Waals surface area contributed by atoms with Crippen LogP contribution in [-0.2, 0) is 13.3 Å². The second-order valence-corrected chi connectivity index (χ2v) is 10.5. The second-order valence-electron chi connectivity index (χ2n) is 7.27. The van der Waals surface area contributed by atoms with Crippen molar-refractivity contribution < 1.29 is 13.3 Å². The summed E-state index contributed by atoms with van der Waals surface area (Å²) in [7, 11) is -2.98. The molecule has 0 aliphatic heterocycles. The van der Waals surface area contributed by atoms with E-state index in [9.17, 15) is 0 Å². The zero-order valence-corrected chi connectivity index (χ0v) is 19.6. The van der Waals surface area contributed by atoms with Gasteiger partial charge in [0, 0.05) is 19.8 Å². The van der Waals surface area contributed by atoms with Crippen LogP contribution in [0.2, 0.25) is 0 Å². The van der Waals surface area contributed by atoms with Crippen LogP contribution < -0.4 is 0 Å². The van der Waals surface area contributed by atoms with Crippen LogP contribution >= 0.6 is 11.1 Å². The highest BCUT2D eigenvalue weighted by Gasteiger charge is 2.39. The topological polar surface area (TPSA) is 27.7 Å². The van der Waals surface area contributed by atoms with Gasteiger partial charge in [0.2, 0.25) is 0 Å². The standard InChI is InChI=1S/C21H45ClO3Si/c1-4-7-10-13-16-19-23-26(22,24-20-17-14-11-8-5-2)25-21-18-15-12-9-6-3/h4-21H2,1-3H3. The van der Waals surface area contributed by atoms with E-state index in [0.29, 0.717) is 19.8 Å². The summed E-state index contributed by atoms with van der Waals surface area (Å²) in [6.07, 6.45) is 18.2. The van der Waals surface area contributed by atoms with Crippen LogP contribution in [0, 0.1) is 0 Å². The van der Waals surface area contributed by atoms with Crippen molar-refractivity contribution in [1.29, 1.82) is 0 Å². The first-order valence-corrected chi connectivity index (χ1v) is 14.0. The zero-order chi connectivity index (χ0) is 19.3. The minimum atomic E-state index is -2.98.